The van der Waals surface area contributed by atoms with Crippen LogP contribution in [0.1, 0.15) is 11.1 Å². The van der Waals surface area contributed by atoms with Gasteiger partial charge < -0.3 is 10.1 Å². The molecule has 0 atom stereocenters. The van der Waals surface area contributed by atoms with Gasteiger partial charge in [0, 0.05) is 10.6 Å². The molecule has 1 amide bonds. The Morgan fingerprint density at radius 2 is 1.80 bits per heavy atom. The van der Waals surface area contributed by atoms with Gasteiger partial charge >= 0.3 is 5.97 Å². The number of esters is 1. The fraction of sp³-hybridized carbons (Fsp3) is 0.222. The monoisotopic (exact) mass is 365 g/mol. The zero-order valence-corrected chi connectivity index (χ0v) is 14.3. The van der Waals surface area contributed by atoms with Crippen LogP contribution in [0.15, 0.2) is 53.4 Å². The van der Waals surface area contributed by atoms with E-state index in [0.717, 1.165) is 11.1 Å². The van der Waals surface area contributed by atoms with Crippen molar-refractivity contribution < 1.29 is 23.1 Å². The van der Waals surface area contributed by atoms with Gasteiger partial charge in [0.2, 0.25) is 0 Å². The minimum atomic E-state index is -2.49. The number of hydrogen-bond donors (Lipinski definition) is 1. The third-order valence-corrected chi connectivity index (χ3v) is 4.05. The van der Waals surface area contributed by atoms with Crippen LogP contribution in [-0.2, 0) is 20.7 Å². The number of carbonyl (C=O) groups excluding carboxylic acids is 2. The van der Waals surface area contributed by atoms with E-state index in [9.17, 15) is 18.4 Å². The first-order valence-electron chi connectivity index (χ1n) is 7.49. The lowest BCUT2D eigenvalue weighted by molar-refractivity contribution is -0.146. The molecule has 2 rings (SSSR count). The van der Waals surface area contributed by atoms with Crippen molar-refractivity contribution in [3.63, 3.8) is 0 Å². The molecule has 0 heterocycles. The molecule has 0 saturated carbocycles. The molecule has 25 heavy (non-hydrogen) atoms. The Bertz CT molecular complexity index is 735. The Morgan fingerprint density at radius 1 is 1.12 bits per heavy atom. The molecular formula is C18H17F2NO3S. The second-order valence-electron chi connectivity index (χ2n) is 5.22. The van der Waals surface area contributed by atoms with E-state index in [1.165, 1.54) is 24.3 Å². The zero-order chi connectivity index (χ0) is 18.2. The highest BCUT2D eigenvalue weighted by Gasteiger charge is 2.10. The highest BCUT2D eigenvalue weighted by molar-refractivity contribution is 7.99. The van der Waals surface area contributed by atoms with E-state index in [-0.39, 0.29) is 6.42 Å². The van der Waals surface area contributed by atoms with Gasteiger partial charge in [-0.1, -0.05) is 36.0 Å². The summed E-state index contributed by atoms with van der Waals surface area (Å²) < 4.78 is 29.4. The lowest BCUT2D eigenvalue weighted by Gasteiger charge is -2.08. The average Bonchev–Trinajstić information content (AvgIpc) is 2.56. The molecule has 7 heteroatoms. The zero-order valence-electron chi connectivity index (χ0n) is 13.5. The summed E-state index contributed by atoms with van der Waals surface area (Å²) in [5.41, 5.74) is 2.27. The third-order valence-electron chi connectivity index (χ3n) is 3.32. The van der Waals surface area contributed by atoms with Crippen molar-refractivity contribution in [2.75, 3.05) is 11.9 Å². The first-order chi connectivity index (χ1) is 11.9. The van der Waals surface area contributed by atoms with E-state index in [1.54, 1.807) is 0 Å². The number of nitrogens with one attached hydrogen (secondary N) is 1. The Hall–Kier alpha value is -2.41. The molecule has 0 unspecified atom stereocenters. The molecular weight excluding hydrogens is 348 g/mol. The number of rotatable bonds is 7. The normalized spacial score (nSPS) is 10.6. The summed E-state index contributed by atoms with van der Waals surface area (Å²) in [6.45, 7) is 1.49. The molecule has 0 bridgehead atoms. The van der Waals surface area contributed by atoms with E-state index >= 15 is 0 Å². The van der Waals surface area contributed by atoms with E-state index in [0.29, 0.717) is 22.3 Å². The summed E-state index contributed by atoms with van der Waals surface area (Å²) in [6, 6.07) is 13.4. The standard InChI is InChI=1S/C18H17F2NO3S/c1-12-4-2-3-5-13(12)10-17(23)24-11-16(22)21-14-6-8-15(9-7-14)25-18(19)20/h2-9,18H,10-11H2,1H3,(H,21,22). The first-order valence-corrected chi connectivity index (χ1v) is 8.37. The van der Waals surface area contributed by atoms with Crippen molar-refractivity contribution in [2.24, 2.45) is 0 Å². The topological polar surface area (TPSA) is 55.4 Å². The molecule has 4 nitrogen and oxygen atoms in total. The Kier molecular flexibility index (Phi) is 6.94. The van der Waals surface area contributed by atoms with Crippen LogP contribution in [0, 0.1) is 6.92 Å². The van der Waals surface area contributed by atoms with Gasteiger partial charge in [0.05, 0.1) is 6.42 Å². The smallest absolute Gasteiger partial charge is 0.310 e. The third kappa shape index (κ3) is 6.54. The number of alkyl halides is 2. The summed E-state index contributed by atoms with van der Waals surface area (Å²) in [6.07, 6.45) is 0.0967. The molecule has 0 aromatic heterocycles. The number of anilines is 1. The molecule has 0 aliphatic heterocycles. The van der Waals surface area contributed by atoms with Crippen molar-refractivity contribution in [2.45, 2.75) is 24.0 Å². The van der Waals surface area contributed by atoms with E-state index in [2.05, 4.69) is 5.32 Å². The molecule has 0 aliphatic rings. The van der Waals surface area contributed by atoms with E-state index in [4.69, 9.17) is 4.74 Å². The van der Waals surface area contributed by atoms with Crippen LogP contribution in [0.3, 0.4) is 0 Å². The summed E-state index contributed by atoms with van der Waals surface area (Å²) in [4.78, 5) is 24.0. The molecule has 2 aromatic rings. The maximum absolute atomic E-state index is 12.2. The second-order valence-corrected chi connectivity index (χ2v) is 6.28. The van der Waals surface area contributed by atoms with Crippen LogP contribution in [0.25, 0.3) is 0 Å². The molecule has 0 saturated heterocycles. The van der Waals surface area contributed by atoms with Crippen molar-refractivity contribution in [3.8, 4) is 0 Å². The van der Waals surface area contributed by atoms with Gasteiger partial charge in [-0.15, -0.1) is 0 Å². The highest BCUT2D eigenvalue weighted by atomic mass is 32.2. The molecule has 0 spiro atoms. The largest absolute Gasteiger partial charge is 0.455 e. The van der Waals surface area contributed by atoms with E-state index < -0.39 is 24.2 Å². The number of thioether (sulfide) groups is 1. The lowest BCUT2D eigenvalue weighted by Crippen LogP contribution is -2.21. The SMILES string of the molecule is Cc1ccccc1CC(=O)OCC(=O)Nc1ccc(SC(F)F)cc1. The van der Waals surface area contributed by atoms with Crippen molar-refractivity contribution in [3.05, 3.63) is 59.7 Å². The van der Waals surface area contributed by atoms with Gasteiger partial charge in [-0.25, -0.2) is 0 Å². The van der Waals surface area contributed by atoms with Crippen LogP contribution in [0.4, 0.5) is 14.5 Å². The van der Waals surface area contributed by atoms with Gasteiger partial charge in [0.15, 0.2) is 6.61 Å². The minimum Gasteiger partial charge on any atom is -0.455 e. The summed E-state index contributed by atoms with van der Waals surface area (Å²) in [5, 5.41) is 2.54. The van der Waals surface area contributed by atoms with Gasteiger partial charge in [-0.3, -0.25) is 9.59 Å². The number of ether oxygens (including phenoxy) is 1. The van der Waals surface area contributed by atoms with Gasteiger partial charge in [0.1, 0.15) is 0 Å². The molecule has 2 aromatic carbocycles. The number of amides is 1. The fourth-order valence-corrected chi connectivity index (χ4v) is 2.58. The molecule has 1 N–H and O–H groups in total. The Labute approximate surface area is 148 Å². The summed E-state index contributed by atoms with van der Waals surface area (Å²) in [7, 11) is 0. The van der Waals surface area contributed by atoms with Crippen LogP contribution < -0.4 is 5.32 Å². The Morgan fingerprint density at radius 3 is 2.44 bits per heavy atom. The molecule has 0 aliphatic carbocycles. The quantitative estimate of drug-likeness (QED) is 0.594. The maximum Gasteiger partial charge on any atom is 0.310 e. The molecule has 0 radical (unpaired) electrons. The predicted molar refractivity (Wildman–Crippen MR) is 92.8 cm³/mol. The van der Waals surface area contributed by atoms with E-state index in [1.807, 2.05) is 31.2 Å². The van der Waals surface area contributed by atoms with Crippen LogP contribution in [0.2, 0.25) is 0 Å². The molecule has 132 valence electrons. The average molecular weight is 365 g/mol. The summed E-state index contributed by atoms with van der Waals surface area (Å²) in [5.74, 6) is -3.48. The minimum absolute atomic E-state index is 0.0967. The van der Waals surface area contributed by atoms with Crippen LogP contribution >= 0.6 is 11.8 Å². The number of hydrogen-bond acceptors (Lipinski definition) is 4. The van der Waals surface area contributed by atoms with Gasteiger partial charge in [0.25, 0.3) is 11.7 Å². The maximum atomic E-state index is 12.2. The Balaban J connectivity index is 1.78. The van der Waals surface area contributed by atoms with Crippen molar-refractivity contribution >= 4 is 29.3 Å². The van der Waals surface area contributed by atoms with Crippen LogP contribution in [0.5, 0.6) is 0 Å². The summed E-state index contributed by atoms with van der Waals surface area (Å²) >= 11 is 0.427. The van der Waals surface area contributed by atoms with Crippen molar-refractivity contribution in [1.82, 2.24) is 0 Å². The van der Waals surface area contributed by atoms with Gasteiger partial charge in [-0.2, -0.15) is 8.78 Å². The van der Waals surface area contributed by atoms with Gasteiger partial charge in [-0.05, 0) is 42.3 Å². The number of aryl methyl sites for hydroxylation is 1. The lowest BCUT2D eigenvalue weighted by atomic mass is 10.1. The first kappa shape index (κ1) is 18.9. The number of benzene rings is 2. The van der Waals surface area contributed by atoms with Crippen LogP contribution in [-0.4, -0.2) is 24.2 Å². The number of halogens is 2. The second kappa shape index (κ2) is 9.17. The molecule has 0 fully saturated rings. The number of carbonyl (C=O) groups is 2. The predicted octanol–water partition coefficient (Wildman–Crippen LogP) is 4.03. The fourth-order valence-electron chi connectivity index (χ4n) is 2.08. The van der Waals surface area contributed by atoms with Crippen molar-refractivity contribution in [1.29, 1.82) is 0 Å². The highest BCUT2D eigenvalue weighted by Crippen LogP contribution is 2.26.